The number of likely N-dealkylation sites (N-methyl/N-ethyl adjacent to an activating group) is 1. The van der Waals surface area contributed by atoms with Gasteiger partial charge in [0, 0.05) is 153 Å². The lowest BCUT2D eigenvalue weighted by Crippen LogP contribution is -2.43. The number of hydrogen-bond acceptors (Lipinski definition) is 16. The topological polar surface area (TPSA) is 342 Å². The fourth-order valence-corrected chi connectivity index (χ4v) is 19.0. The first-order chi connectivity index (χ1) is 57.9. The quantitative estimate of drug-likeness (QED) is 0.0108. The summed E-state index contributed by atoms with van der Waals surface area (Å²) in [6.45, 7) is 22.0. The van der Waals surface area contributed by atoms with Gasteiger partial charge in [0.05, 0.1) is 43.1 Å². The number of hydrogen-bond donors (Lipinski definition) is 7. The molecule has 26 nitrogen and oxygen atoms in total. The minimum atomic E-state index is -4.58. The molecule has 1 unspecified atom stereocenters. The lowest BCUT2D eigenvalue weighted by Gasteiger charge is -2.27. The van der Waals surface area contributed by atoms with Crippen LogP contribution in [-0.4, -0.2) is 194 Å². The zero-order chi connectivity index (χ0) is 89.5. The molecule has 1 aliphatic carbocycles. The van der Waals surface area contributed by atoms with Gasteiger partial charge in [-0.05, 0) is 210 Å². The molecule has 6 aromatic carbocycles. The molecule has 5 aliphatic rings. The number of allylic oxidation sites excluding steroid dienone is 13. The maximum atomic E-state index is 13.8. The molecule has 6 aromatic rings. The van der Waals surface area contributed by atoms with Crippen LogP contribution in [-0.2, 0) is 81.3 Å². The average Bonchev–Trinajstić information content (AvgIpc) is 1.60. The van der Waals surface area contributed by atoms with Crippen molar-refractivity contribution in [2.45, 2.75) is 174 Å². The molecule has 123 heavy (non-hydrogen) atoms. The molecule has 0 fully saturated rings. The van der Waals surface area contributed by atoms with Gasteiger partial charge in [0.25, 0.3) is 40.5 Å². The van der Waals surface area contributed by atoms with Crippen LogP contribution in [0.15, 0.2) is 219 Å². The fraction of sp³-hybridized carbons (Fsp3) is 0.398. The van der Waals surface area contributed by atoms with Crippen LogP contribution >= 0.6 is 0 Å². The third kappa shape index (κ3) is 21.4. The third-order valence-electron chi connectivity index (χ3n) is 23.8. The lowest BCUT2D eigenvalue weighted by molar-refractivity contribution is -0.462. The van der Waals surface area contributed by atoms with Crippen LogP contribution in [0.2, 0.25) is 0 Å². The molecule has 0 spiro atoms. The van der Waals surface area contributed by atoms with E-state index < -0.39 is 74.1 Å². The number of ether oxygens (including phenoxy) is 2. The highest BCUT2D eigenvalue weighted by atomic mass is 32.2. The highest BCUT2D eigenvalue weighted by Crippen LogP contribution is 2.51. The standard InChI is InChI=1S/C93H113N9O17S4/c1-15-99-78-49-45-70(120(106,107)108)56-75(78)91(5,6)82(99)26-23-28-84-90(3,4)74-48-44-73(123(115,116)117)59-81(74)102(84)54-22-18-20-31-87(104)96-61-69(119-62-88(105)94-52-25-55-118-68-42-36-65(37-43-68)89(63-32-38-66(39-33-63)97(11)12)64-34-40-67(41-35-64)98(13)14)60-95-86(103)30-19-17-21-53-101-80-51-47-72(122(112,113)114)58-77(80)93(9,10)85(101)29-24-27-83-92(7,8)76-57-71(121(109,110)111)46-50-79(76)100(83)16-2/h23-24,26-29,32-51,56-59,69H,15-22,25,30-31,52-55,60-62H2,1-14H3,(H4-3,94,95,96,103,104,105,106,107,108,109,110,111,112,113,114,115,116,117)/p+3. The molecule has 0 bridgehead atoms. The maximum Gasteiger partial charge on any atom is 0.294 e. The number of rotatable bonds is 37. The molecule has 0 aromatic heterocycles. The van der Waals surface area contributed by atoms with Gasteiger partial charge in [-0.25, -0.2) is 4.58 Å². The molecule has 0 radical (unpaired) electrons. The van der Waals surface area contributed by atoms with Crippen molar-refractivity contribution in [2.75, 3.05) is 102 Å². The van der Waals surface area contributed by atoms with E-state index in [0.29, 0.717) is 94.7 Å². The Morgan fingerprint density at radius 3 is 1.51 bits per heavy atom. The van der Waals surface area contributed by atoms with Crippen LogP contribution in [0.3, 0.4) is 0 Å². The first-order valence-corrected chi connectivity index (χ1v) is 47.3. The van der Waals surface area contributed by atoms with Crippen LogP contribution in [0.4, 0.5) is 28.4 Å². The number of nitrogens with one attached hydrogen (secondary N) is 3. The van der Waals surface area contributed by atoms with Crippen molar-refractivity contribution in [1.82, 2.24) is 16.0 Å². The van der Waals surface area contributed by atoms with Gasteiger partial charge in [-0.2, -0.15) is 42.8 Å². The van der Waals surface area contributed by atoms with Crippen molar-refractivity contribution in [1.29, 1.82) is 0 Å². The summed E-state index contributed by atoms with van der Waals surface area (Å²) < 4.78 is 158. The molecule has 7 N–H and O–H groups in total. The molecular weight excluding hydrogens is 1640 g/mol. The zero-order valence-corrected chi connectivity index (χ0v) is 75.8. The van der Waals surface area contributed by atoms with Crippen molar-refractivity contribution < 1.29 is 89.5 Å². The summed E-state index contributed by atoms with van der Waals surface area (Å²) in [5, 5.41) is 8.82. The molecule has 4 aliphatic heterocycles. The van der Waals surface area contributed by atoms with E-state index in [0.717, 1.165) is 90.2 Å². The van der Waals surface area contributed by atoms with Crippen LogP contribution in [0.25, 0.3) is 5.57 Å². The predicted molar refractivity (Wildman–Crippen MR) is 482 cm³/mol. The fourth-order valence-electron chi connectivity index (χ4n) is 17.0. The number of benzene rings is 6. The summed E-state index contributed by atoms with van der Waals surface area (Å²) in [6.07, 6.45) is 23.4. The van der Waals surface area contributed by atoms with Gasteiger partial charge in [0.1, 0.15) is 39.5 Å². The molecule has 11 rings (SSSR count). The van der Waals surface area contributed by atoms with E-state index in [-0.39, 0.29) is 70.5 Å². The van der Waals surface area contributed by atoms with Gasteiger partial charge < -0.3 is 40.1 Å². The number of unbranched alkanes of at least 4 members (excludes halogenated alkanes) is 4. The van der Waals surface area contributed by atoms with E-state index in [2.05, 4.69) is 88.0 Å². The normalized spacial score (nSPS) is 17.2. The van der Waals surface area contributed by atoms with Crippen molar-refractivity contribution in [3.05, 3.63) is 232 Å². The number of amides is 3. The first kappa shape index (κ1) is 93.4. The van der Waals surface area contributed by atoms with Crippen LogP contribution in [0, 0.1) is 0 Å². The van der Waals surface area contributed by atoms with Crippen molar-refractivity contribution in [2.24, 2.45) is 0 Å². The Kier molecular flexibility index (Phi) is 28.9. The van der Waals surface area contributed by atoms with Gasteiger partial charge in [0.15, 0.2) is 17.1 Å². The Morgan fingerprint density at radius 1 is 0.512 bits per heavy atom. The summed E-state index contributed by atoms with van der Waals surface area (Å²) in [5.41, 5.74) is 13.1. The number of carbonyl (C=O) groups is 3. The molecule has 30 heteroatoms. The highest BCUT2D eigenvalue weighted by Gasteiger charge is 2.48. The van der Waals surface area contributed by atoms with Crippen LogP contribution < -0.4 is 35.4 Å². The summed E-state index contributed by atoms with van der Waals surface area (Å²) in [5.74, 6) is -0.326. The Hall–Kier alpha value is -10.3. The Labute approximate surface area is 724 Å². The number of anilines is 3. The van der Waals surface area contributed by atoms with E-state index >= 15 is 0 Å². The molecule has 3 amide bonds. The second-order valence-electron chi connectivity index (χ2n) is 34.0. The van der Waals surface area contributed by atoms with E-state index in [4.69, 9.17) is 9.47 Å². The molecular formula is C93H116N9O17S4+3. The van der Waals surface area contributed by atoms with Gasteiger partial charge in [0.2, 0.25) is 29.1 Å². The smallest absolute Gasteiger partial charge is 0.294 e. The predicted octanol–water partition coefficient (Wildman–Crippen LogP) is 13.7. The Morgan fingerprint density at radius 2 is 0.992 bits per heavy atom. The van der Waals surface area contributed by atoms with E-state index in [1.54, 1.807) is 24.3 Å². The molecule has 4 heterocycles. The van der Waals surface area contributed by atoms with E-state index in [1.807, 2.05) is 163 Å². The summed E-state index contributed by atoms with van der Waals surface area (Å²) in [4.78, 5) is 46.4. The third-order valence-corrected chi connectivity index (χ3v) is 27.2. The zero-order valence-electron chi connectivity index (χ0n) is 72.5. The molecule has 1 atom stereocenters. The van der Waals surface area contributed by atoms with Crippen molar-refractivity contribution in [3.8, 4) is 5.75 Å². The minimum Gasteiger partial charge on any atom is -0.494 e. The summed E-state index contributed by atoms with van der Waals surface area (Å²) >= 11 is 0. The van der Waals surface area contributed by atoms with E-state index in [9.17, 15) is 66.3 Å². The SMILES string of the molecule is CCN1/C(=C\C=C\C2=[N+](CCCCCC(=O)NCC(CNC(=O)CCCCCN3/C(=C/C=C/C4=[N+](CC)c5ccc(S(=O)(=O)O)cc5C4(C)C)C(C)(C)c4ccc(S(=O)(=O)O)cc43)OCC(=O)NCCCOc3ccc(C(=C4C=CC(=[N+](C)C)C=C4)c4ccc(N(C)C)cc4)cc3)c3ccc(S(=O)(=O)O)cc3C2(C)C)C(C)(C)c2cc(S(=O)(=O)O)ccc21. The minimum absolute atomic E-state index is 0.0435. The van der Waals surface area contributed by atoms with Gasteiger partial charge in [-0.3, -0.25) is 32.6 Å². The largest absolute Gasteiger partial charge is 0.494 e. The monoisotopic (exact) mass is 1760 g/mol. The van der Waals surface area contributed by atoms with Crippen molar-refractivity contribution >= 4 is 109 Å². The highest BCUT2D eigenvalue weighted by molar-refractivity contribution is 7.86. The summed E-state index contributed by atoms with van der Waals surface area (Å²) in [7, 11) is -10.0. The first-order valence-electron chi connectivity index (χ1n) is 41.6. The molecule has 656 valence electrons. The second-order valence-corrected chi connectivity index (χ2v) is 39.7. The van der Waals surface area contributed by atoms with Crippen LogP contribution in [0.1, 0.15) is 160 Å². The van der Waals surface area contributed by atoms with E-state index in [1.165, 1.54) is 48.5 Å². The molecule has 0 saturated carbocycles. The number of nitrogens with zero attached hydrogens (tertiary/aromatic N) is 6. The second kappa shape index (κ2) is 38.1. The average molecular weight is 1760 g/mol. The Bertz CT molecular complexity index is 5890. The molecule has 0 saturated heterocycles. The number of carbonyl (C=O) groups excluding carboxylic acids is 3. The number of fused-ring (bicyclic) bond motifs is 4. The van der Waals surface area contributed by atoms with Gasteiger partial charge >= 0.3 is 0 Å². The lowest BCUT2D eigenvalue weighted by atomic mass is 9.81. The van der Waals surface area contributed by atoms with Gasteiger partial charge in [-0.15, -0.1) is 0 Å². The van der Waals surface area contributed by atoms with Crippen molar-refractivity contribution in [3.63, 3.8) is 0 Å². The summed E-state index contributed by atoms with van der Waals surface area (Å²) in [6, 6.07) is 34.7. The van der Waals surface area contributed by atoms with Crippen LogP contribution in [0.5, 0.6) is 5.75 Å². The van der Waals surface area contributed by atoms with Gasteiger partial charge in [-0.1, -0.05) is 76.6 Å². The maximum absolute atomic E-state index is 13.8. The Balaban J connectivity index is 0.729.